The summed E-state index contributed by atoms with van der Waals surface area (Å²) in [5, 5.41) is 0. The number of rotatable bonds is 8. The highest BCUT2D eigenvalue weighted by Gasteiger charge is 2.18. The van der Waals surface area contributed by atoms with Gasteiger partial charge in [0.2, 0.25) is 9.05 Å². The van der Waals surface area contributed by atoms with E-state index in [0.29, 0.717) is 6.61 Å². The van der Waals surface area contributed by atoms with Gasteiger partial charge >= 0.3 is 0 Å². The summed E-state index contributed by atoms with van der Waals surface area (Å²) >= 11 is 0. The van der Waals surface area contributed by atoms with Crippen LogP contribution in [0.2, 0.25) is 0 Å². The summed E-state index contributed by atoms with van der Waals surface area (Å²) in [5.74, 6) is 0.586. The minimum Gasteiger partial charge on any atom is -0.491 e. The molecule has 0 aromatic carbocycles. The van der Waals surface area contributed by atoms with E-state index in [1.165, 1.54) is 0 Å². The summed E-state index contributed by atoms with van der Waals surface area (Å²) in [6.45, 7) is 6.31. The summed E-state index contributed by atoms with van der Waals surface area (Å²) in [6.07, 6.45) is 2.45. The minimum absolute atomic E-state index is 0.0524. The lowest BCUT2D eigenvalue weighted by atomic mass is 10.1. The number of nitrogens with zero attached hydrogens (tertiary/aromatic N) is 1. The second kappa shape index (κ2) is 7.84. The van der Waals surface area contributed by atoms with Crippen molar-refractivity contribution in [2.75, 3.05) is 12.4 Å². The predicted molar refractivity (Wildman–Crippen MR) is 81.9 cm³/mol. The highest BCUT2D eigenvalue weighted by atomic mass is 35.7. The molecule has 114 valence electrons. The Kier molecular flexibility index (Phi) is 6.76. The van der Waals surface area contributed by atoms with Crippen LogP contribution in [0.1, 0.15) is 38.1 Å². The molecule has 1 unspecified atom stereocenters. The van der Waals surface area contributed by atoms with E-state index in [4.69, 9.17) is 15.4 Å². The van der Waals surface area contributed by atoms with Crippen molar-refractivity contribution in [2.45, 2.75) is 40.0 Å². The van der Waals surface area contributed by atoms with E-state index >= 15 is 0 Å². The van der Waals surface area contributed by atoms with Crippen molar-refractivity contribution in [3.8, 4) is 5.75 Å². The first kappa shape index (κ1) is 17.2. The number of ether oxygens (including phenoxy) is 1. The van der Waals surface area contributed by atoms with Gasteiger partial charge in [0.25, 0.3) is 0 Å². The molecule has 1 atom stereocenters. The maximum Gasteiger partial charge on any atom is 0.232 e. The molecule has 0 radical (unpaired) electrons. The monoisotopic (exact) mass is 319 g/mol. The molecule has 0 spiro atoms. The van der Waals surface area contributed by atoms with E-state index in [1.807, 2.05) is 32.9 Å². The zero-order valence-corrected chi connectivity index (χ0v) is 13.8. The average molecular weight is 320 g/mol. The molecule has 4 nitrogen and oxygen atoms in total. The maximum absolute atomic E-state index is 11.2. The molecular formula is C14H22ClNO3S. The van der Waals surface area contributed by atoms with Gasteiger partial charge in [-0.1, -0.05) is 20.3 Å². The average Bonchev–Trinajstić information content (AvgIpc) is 2.35. The number of hydrogen-bond acceptors (Lipinski definition) is 4. The molecule has 0 saturated heterocycles. The van der Waals surface area contributed by atoms with E-state index in [1.54, 1.807) is 0 Å². The van der Waals surface area contributed by atoms with E-state index in [0.717, 1.165) is 36.4 Å². The van der Waals surface area contributed by atoms with Crippen molar-refractivity contribution >= 4 is 19.7 Å². The van der Waals surface area contributed by atoms with Crippen LogP contribution in [0.3, 0.4) is 0 Å². The van der Waals surface area contributed by atoms with E-state index in [-0.39, 0.29) is 11.7 Å². The number of aromatic nitrogens is 1. The maximum atomic E-state index is 11.2. The second-order valence-electron chi connectivity index (χ2n) is 4.92. The highest BCUT2D eigenvalue weighted by Crippen LogP contribution is 2.20. The molecular weight excluding hydrogens is 298 g/mol. The molecule has 1 heterocycles. The Bertz CT molecular complexity index is 531. The molecule has 1 aromatic rings. The van der Waals surface area contributed by atoms with Gasteiger partial charge in [0.15, 0.2) is 0 Å². The van der Waals surface area contributed by atoms with Gasteiger partial charge in [-0.25, -0.2) is 8.42 Å². The van der Waals surface area contributed by atoms with Gasteiger partial charge in [-0.2, -0.15) is 0 Å². The van der Waals surface area contributed by atoms with Gasteiger partial charge in [-0.05, 0) is 31.9 Å². The Morgan fingerprint density at radius 1 is 1.35 bits per heavy atom. The van der Waals surface area contributed by atoms with Gasteiger partial charge in [-0.3, -0.25) is 4.98 Å². The fourth-order valence-corrected chi connectivity index (χ4v) is 3.46. The third-order valence-corrected chi connectivity index (χ3v) is 4.26. The standard InChI is InChI=1S/C14H22ClNO3S/c1-4-6-12(10-20(15,17)18)9-19-14-8-7-11(3)16-13(14)5-2/h7-8,12H,4-6,9-10H2,1-3H3. The van der Waals surface area contributed by atoms with Gasteiger partial charge in [0, 0.05) is 22.3 Å². The molecule has 0 aliphatic rings. The van der Waals surface area contributed by atoms with Crippen LogP contribution in [-0.2, 0) is 15.5 Å². The Labute approximate surface area is 125 Å². The van der Waals surface area contributed by atoms with Gasteiger partial charge < -0.3 is 4.74 Å². The number of hydrogen-bond donors (Lipinski definition) is 0. The van der Waals surface area contributed by atoms with Gasteiger partial charge in [0.05, 0.1) is 18.1 Å². The molecule has 0 bridgehead atoms. The summed E-state index contributed by atoms with van der Waals surface area (Å²) < 4.78 is 28.1. The zero-order chi connectivity index (χ0) is 15.2. The normalized spacial score (nSPS) is 13.2. The van der Waals surface area contributed by atoms with Crippen molar-refractivity contribution in [3.05, 3.63) is 23.5 Å². The molecule has 6 heteroatoms. The van der Waals surface area contributed by atoms with Crippen molar-refractivity contribution in [2.24, 2.45) is 5.92 Å². The molecule has 0 amide bonds. The summed E-state index contributed by atoms with van der Waals surface area (Å²) in [6, 6.07) is 3.78. The van der Waals surface area contributed by atoms with Crippen LogP contribution in [0, 0.1) is 12.8 Å². The smallest absolute Gasteiger partial charge is 0.232 e. The molecule has 1 aromatic heterocycles. The van der Waals surface area contributed by atoms with Crippen molar-refractivity contribution in [3.63, 3.8) is 0 Å². The molecule has 20 heavy (non-hydrogen) atoms. The number of pyridine rings is 1. The second-order valence-corrected chi connectivity index (χ2v) is 7.74. The number of halogens is 1. The molecule has 0 aliphatic heterocycles. The van der Waals surface area contributed by atoms with Crippen LogP contribution < -0.4 is 4.74 Å². The van der Waals surface area contributed by atoms with Crippen LogP contribution in [0.4, 0.5) is 0 Å². The van der Waals surface area contributed by atoms with Gasteiger partial charge in [0.1, 0.15) is 5.75 Å². The quantitative estimate of drug-likeness (QED) is 0.690. The first-order chi connectivity index (χ1) is 9.35. The van der Waals surface area contributed by atoms with Crippen LogP contribution in [0.25, 0.3) is 0 Å². The number of aryl methyl sites for hydroxylation is 2. The van der Waals surface area contributed by atoms with E-state index < -0.39 is 9.05 Å². The van der Waals surface area contributed by atoms with Crippen molar-refractivity contribution < 1.29 is 13.2 Å². The Morgan fingerprint density at radius 3 is 2.60 bits per heavy atom. The van der Waals surface area contributed by atoms with Crippen LogP contribution in [0.5, 0.6) is 5.75 Å². The Balaban J connectivity index is 2.72. The molecule has 1 rings (SSSR count). The van der Waals surface area contributed by atoms with E-state index in [9.17, 15) is 8.42 Å². The Hall–Kier alpha value is -0.810. The van der Waals surface area contributed by atoms with Gasteiger partial charge in [-0.15, -0.1) is 0 Å². The molecule has 0 aliphatic carbocycles. The fourth-order valence-electron chi connectivity index (χ4n) is 2.09. The Morgan fingerprint density at radius 2 is 2.05 bits per heavy atom. The van der Waals surface area contributed by atoms with Crippen molar-refractivity contribution in [1.82, 2.24) is 4.98 Å². The largest absolute Gasteiger partial charge is 0.491 e. The topological polar surface area (TPSA) is 56.3 Å². The summed E-state index contributed by atoms with van der Waals surface area (Å²) in [4.78, 5) is 4.42. The summed E-state index contributed by atoms with van der Waals surface area (Å²) in [5.41, 5.74) is 1.84. The minimum atomic E-state index is -3.50. The SMILES string of the molecule is CCCC(COc1ccc(C)nc1CC)CS(=O)(=O)Cl. The first-order valence-electron chi connectivity index (χ1n) is 6.87. The third-order valence-electron chi connectivity index (χ3n) is 3.01. The third kappa shape index (κ3) is 6.09. The molecule has 0 N–H and O–H groups in total. The predicted octanol–water partition coefficient (Wildman–Crippen LogP) is 3.32. The van der Waals surface area contributed by atoms with Crippen molar-refractivity contribution in [1.29, 1.82) is 0 Å². The first-order valence-corrected chi connectivity index (χ1v) is 9.35. The van der Waals surface area contributed by atoms with Crippen LogP contribution in [-0.4, -0.2) is 25.8 Å². The lowest BCUT2D eigenvalue weighted by molar-refractivity contribution is 0.250. The van der Waals surface area contributed by atoms with E-state index in [2.05, 4.69) is 4.98 Å². The molecule has 0 saturated carbocycles. The summed E-state index contributed by atoms with van der Waals surface area (Å²) in [7, 11) is 1.83. The lowest BCUT2D eigenvalue weighted by Crippen LogP contribution is -2.20. The zero-order valence-electron chi connectivity index (χ0n) is 12.2. The highest BCUT2D eigenvalue weighted by molar-refractivity contribution is 8.13. The van der Waals surface area contributed by atoms with Crippen LogP contribution in [0.15, 0.2) is 12.1 Å². The lowest BCUT2D eigenvalue weighted by Gasteiger charge is -2.17. The molecule has 0 fully saturated rings. The fraction of sp³-hybridized carbons (Fsp3) is 0.643. The van der Waals surface area contributed by atoms with Crippen LogP contribution >= 0.6 is 10.7 Å².